The van der Waals surface area contributed by atoms with E-state index in [2.05, 4.69) is 100 Å². The molecule has 2 aromatic carbocycles. The summed E-state index contributed by atoms with van der Waals surface area (Å²) in [6, 6.07) is 22.2. The van der Waals surface area contributed by atoms with Gasteiger partial charge < -0.3 is 0 Å². The first kappa shape index (κ1) is 18.1. The normalized spacial score (nSPS) is 12.3. The number of hydrogen-bond donors (Lipinski definition) is 0. The summed E-state index contributed by atoms with van der Waals surface area (Å²) in [5.41, 5.74) is 2.94. The Hall–Kier alpha value is -1.21. The van der Waals surface area contributed by atoms with Gasteiger partial charge in [0.25, 0.3) is 0 Å². The van der Waals surface area contributed by atoms with Crippen molar-refractivity contribution in [1.29, 1.82) is 0 Å². The van der Waals surface area contributed by atoms with Crippen LogP contribution < -0.4 is 0 Å². The van der Waals surface area contributed by atoms with Gasteiger partial charge in [0.05, 0.1) is 0 Å². The quantitative estimate of drug-likeness (QED) is 0.496. The molecule has 0 N–H and O–H groups in total. The lowest BCUT2D eigenvalue weighted by atomic mass is 9.91. The molecule has 2 rings (SSSR count). The van der Waals surface area contributed by atoms with Gasteiger partial charge in [0.2, 0.25) is 0 Å². The van der Waals surface area contributed by atoms with Crippen LogP contribution in [0.1, 0.15) is 64.5 Å². The molecule has 124 valence electrons. The highest BCUT2D eigenvalue weighted by Crippen LogP contribution is 2.55. The van der Waals surface area contributed by atoms with Crippen LogP contribution in [-0.4, -0.2) is 0 Å². The minimum absolute atomic E-state index is 0.184. The molecule has 0 atom stereocenters. The Balaban J connectivity index is 2.48. The Kier molecular flexibility index (Phi) is 6.35. The van der Waals surface area contributed by atoms with Gasteiger partial charge in [-0.15, -0.1) is 11.8 Å². The van der Waals surface area contributed by atoms with Gasteiger partial charge in [0.1, 0.15) is 0 Å². The van der Waals surface area contributed by atoms with Crippen molar-refractivity contribution in [3.8, 4) is 0 Å². The van der Waals surface area contributed by atoms with Crippen LogP contribution in [0.3, 0.4) is 0 Å². The molecule has 0 heterocycles. The van der Waals surface area contributed by atoms with Gasteiger partial charge in [-0.2, -0.15) is 0 Å². The molecule has 0 radical (unpaired) electrons. The van der Waals surface area contributed by atoms with Gasteiger partial charge in [0.15, 0.2) is 0 Å². The fourth-order valence-corrected chi connectivity index (χ4v) is 5.41. The van der Waals surface area contributed by atoms with E-state index in [-0.39, 0.29) is 9.49 Å². The maximum atomic E-state index is 2.34. The summed E-state index contributed by atoms with van der Waals surface area (Å²) >= 11 is 2.19. The maximum absolute atomic E-state index is 2.34. The molecule has 0 spiro atoms. The molecule has 0 unspecified atom stereocenters. The van der Waals surface area contributed by atoms with Gasteiger partial charge in [-0.1, -0.05) is 88.4 Å². The summed E-state index contributed by atoms with van der Waals surface area (Å²) in [6.07, 6.45) is 4.64. The number of hydrogen-bond acceptors (Lipinski definition) is 1. The van der Waals surface area contributed by atoms with E-state index in [9.17, 15) is 0 Å². The van der Waals surface area contributed by atoms with E-state index in [4.69, 9.17) is 0 Å². The zero-order valence-electron chi connectivity index (χ0n) is 15.0. The number of benzene rings is 2. The van der Waals surface area contributed by atoms with Crippen LogP contribution in [-0.2, 0) is 9.49 Å². The molecule has 0 saturated heterocycles. The summed E-state index contributed by atoms with van der Waals surface area (Å²) < 4.78 is 0.367. The summed E-state index contributed by atoms with van der Waals surface area (Å²) in [4.78, 5) is 0. The van der Waals surface area contributed by atoms with Crippen LogP contribution >= 0.6 is 11.8 Å². The first-order chi connectivity index (χ1) is 11.2. The van der Waals surface area contributed by atoms with Gasteiger partial charge in [-0.25, -0.2) is 0 Å². The van der Waals surface area contributed by atoms with E-state index >= 15 is 0 Å². The van der Waals surface area contributed by atoms with Crippen LogP contribution in [0.4, 0.5) is 0 Å². The van der Waals surface area contributed by atoms with Crippen molar-refractivity contribution in [3.63, 3.8) is 0 Å². The second-order valence-electron chi connectivity index (χ2n) is 6.24. The van der Waals surface area contributed by atoms with Crippen LogP contribution in [0.5, 0.6) is 0 Å². The minimum Gasteiger partial charge on any atom is -0.139 e. The molecule has 0 nitrogen and oxygen atoms in total. The molecule has 2 aromatic rings. The van der Waals surface area contributed by atoms with Crippen molar-refractivity contribution < 1.29 is 0 Å². The topological polar surface area (TPSA) is 0 Å². The zero-order valence-corrected chi connectivity index (χ0v) is 15.8. The third kappa shape index (κ3) is 3.66. The van der Waals surface area contributed by atoms with Gasteiger partial charge in [-0.05, 0) is 36.8 Å². The molecule has 0 aliphatic carbocycles. The second-order valence-corrected chi connectivity index (χ2v) is 8.00. The van der Waals surface area contributed by atoms with E-state index in [0.29, 0.717) is 0 Å². The van der Waals surface area contributed by atoms with E-state index in [1.54, 1.807) is 0 Å². The molecule has 23 heavy (non-hydrogen) atoms. The van der Waals surface area contributed by atoms with Crippen LogP contribution in [0.2, 0.25) is 0 Å². The molecule has 0 aromatic heterocycles. The van der Waals surface area contributed by atoms with E-state index < -0.39 is 0 Å². The van der Waals surface area contributed by atoms with Crippen molar-refractivity contribution in [2.45, 2.75) is 62.9 Å². The highest BCUT2D eigenvalue weighted by Gasteiger charge is 2.40. The average molecular weight is 327 g/mol. The SMILES string of the molecule is CCC(CC)(SC(CC)(CC)c1ccccc1)c1ccccc1. The molecule has 0 aliphatic heterocycles. The maximum Gasteiger partial charge on any atom is 0.0412 e. The first-order valence-corrected chi connectivity index (χ1v) is 9.79. The molecule has 0 saturated carbocycles. The fourth-order valence-electron chi connectivity index (χ4n) is 3.58. The van der Waals surface area contributed by atoms with E-state index in [1.165, 1.54) is 11.1 Å². The largest absolute Gasteiger partial charge is 0.139 e. The third-order valence-electron chi connectivity index (χ3n) is 5.27. The predicted octanol–water partition coefficient (Wildman–Crippen LogP) is 7.15. The number of thioether (sulfide) groups is 1. The predicted molar refractivity (Wildman–Crippen MR) is 105 cm³/mol. The molecule has 0 fully saturated rings. The van der Waals surface area contributed by atoms with Crippen LogP contribution in [0.25, 0.3) is 0 Å². The zero-order chi connectivity index (χ0) is 16.8. The Bertz CT molecular complexity index is 512. The highest BCUT2D eigenvalue weighted by molar-refractivity contribution is 8.01. The fraction of sp³-hybridized carbons (Fsp3) is 0.455. The standard InChI is InChI=1S/C22H30S/c1-5-21(6-2,19-15-11-9-12-16-19)23-22(7-3,8-4)20-17-13-10-14-18-20/h9-18H,5-8H2,1-4H3. The first-order valence-electron chi connectivity index (χ1n) is 8.97. The van der Waals surface area contributed by atoms with Crippen molar-refractivity contribution in [2.24, 2.45) is 0 Å². The Morgan fingerprint density at radius 1 is 0.565 bits per heavy atom. The molecular formula is C22H30S. The van der Waals surface area contributed by atoms with Crippen molar-refractivity contribution in [1.82, 2.24) is 0 Å². The van der Waals surface area contributed by atoms with Gasteiger partial charge in [0, 0.05) is 9.49 Å². The van der Waals surface area contributed by atoms with E-state index in [1.807, 2.05) is 0 Å². The molecule has 0 aliphatic rings. The lowest BCUT2D eigenvalue weighted by Crippen LogP contribution is -2.30. The lowest BCUT2D eigenvalue weighted by Gasteiger charge is -2.43. The van der Waals surface area contributed by atoms with Gasteiger partial charge >= 0.3 is 0 Å². The summed E-state index contributed by atoms with van der Waals surface area (Å²) in [6.45, 7) is 9.35. The average Bonchev–Trinajstić information content (AvgIpc) is 2.65. The molecule has 0 amide bonds. The Morgan fingerprint density at radius 3 is 1.13 bits per heavy atom. The second kappa shape index (κ2) is 8.06. The summed E-state index contributed by atoms with van der Waals surface area (Å²) in [5, 5.41) is 0. The van der Waals surface area contributed by atoms with E-state index in [0.717, 1.165) is 25.7 Å². The monoisotopic (exact) mass is 326 g/mol. The molecular weight excluding hydrogens is 296 g/mol. The molecule has 1 heteroatoms. The number of rotatable bonds is 8. The van der Waals surface area contributed by atoms with Crippen molar-refractivity contribution >= 4 is 11.8 Å². The Morgan fingerprint density at radius 2 is 0.870 bits per heavy atom. The van der Waals surface area contributed by atoms with Gasteiger partial charge in [-0.3, -0.25) is 0 Å². The summed E-state index contributed by atoms with van der Waals surface area (Å²) in [7, 11) is 0. The minimum atomic E-state index is 0.184. The Labute approximate surface area is 146 Å². The highest BCUT2D eigenvalue weighted by atomic mass is 32.2. The van der Waals surface area contributed by atoms with Crippen molar-refractivity contribution in [2.75, 3.05) is 0 Å². The smallest absolute Gasteiger partial charge is 0.0412 e. The third-order valence-corrected chi connectivity index (χ3v) is 7.68. The summed E-state index contributed by atoms with van der Waals surface area (Å²) in [5.74, 6) is 0. The van der Waals surface area contributed by atoms with Crippen LogP contribution in [0, 0.1) is 0 Å². The molecule has 0 bridgehead atoms. The van der Waals surface area contributed by atoms with Crippen LogP contribution in [0.15, 0.2) is 60.7 Å². The lowest BCUT2D eigenvalue weighted by molar-refractivity contribution is 0.527. The van der Waals surface area contributed by atoms with Crippen molar-refractivity contribution in [3.05, 3.63) is 71.8 Å².